The molecule has 1 aromatic carbocycles. The van der Waals surface area contributed by atoms with Gasteiger partial charge >= 0.3 is 0 Å². The third-order valence-electron chi connectivity index (χ3n) is 6.46. The van der Waals surface area contributed by atoms with Crippen LogP contribution in [0.25, 0.3) is 0 Å². The largest absolute Gasteiger partial charge is 0.374 e. The number of morpholine rings is 1. The summed E-state index contributed by atoms with van der Waals surface area (Å²) in [5, 5.41) is 0. The zero-order valence-corrected chi connectivity index (χ0v) is 15.6. The molecule has 3 aliphatic rings. The molecule has 2 N–H and O–H groups in total. The van der Waals surface area contributed by atoms with Gasteiger partial charge in [-0.15, -0.1) is 0 Å². The Kier molecular flexibility index (Phi) is 5.57. The van der Waals surface area contributed by atoms with Gasteiger partial charge in [0.05, 0.1) is 25.3 Å². The maximum Gasteiger partial charge on any atom is 0.237 e. The molecule has 0 radical (unpaired) electrons. The van der Waals surface area contributed by atoms with Crippen molar-refractivity contribution < 1.29 is 9.53 Å². The molecule has 26 heavy (non-hydrogen) atoms. The van der Waals surface area contributed by atoms with Crippen molar-refractivity contribution in [1.82, 2.24) is 9.80 Å². The van der Waals surface area contributed by atoms with Gasteiger partial charge in [-0.05, 0) is 30.9 Å². The van der Waals surface area contributed by atoms with Crippen molar-refractivity contribution in [3.8, 4) is 0 Å². The summed E-state index contributed by atoms with van der Waals surface area (Å²) in [5.41, 5.74) is 7.39. The molecular weight excluding hydrogens is 326 g/mol. The number of fused-ring (bicyclic) bond motifs is 1. The second-order valence-electron chi connectivity index (χ2n) is 8.06. The topological polar surface area (TPSA) is 58.8 Å². The number of carbonyl (C=O) groups excluding carboxylic acids is 1. The van der Waals surface area contributed by atoms with Crippen molar-refractivity contribution in [2.24, 2.45) is 11.7 Å². The Morgan fingerprint density at radius 3 is 2.77 bits per heavy atom. The molecule has 5 heteroatoms. The van der Waals surface area contributed by atoms with E-state index in [4.69, 9.17) is 10.5 Å². The highest BCUT2D eigenvalue weighted by Gasteiger charge is 2.39. The molecule has 2 unspecified atom stereocenters. The number of nitrogens with two attached hydrogens (primary N) is 1. The van der Waals surface area contributed by atoms with Crippen LogP contribution in [0.4, 0.5) is 0 Å². The second kappa shape index (κ2) is 8.07. The fourth-order valence-corrected chi connectivity index (χ4v) is 5.09. The molecule has 0 spiro atoms. The lowest BCUT2D eigenvalue weighted by Crippen LogP contribution is -2.56. The van der Waals surface area contributed by atoms with Crippen LogP contribution in [0.1, 0.15) is 37.2 Å². The molecule has 0 aromatic heterocycles. The van der Waals surface area contributed by atoms with E-state index in [1.165, 1.54) is 18.4 Å². The summed E-state index contributed by atoms with van der Waals surface area (Å²) in [6, 6.07) is 10.9. The van der Waals surface area contributed by atoms with Crippen molar-refractivity contribution in [3.05, 3.63) is 35.9 Å². The molecule has 1 saturated carbocycles. The summed E-state index contributed by atoms with van der Waals surface area (Å²) in [6.07, 6.45) is 4.89. The number of likely N-dealkylation sites (tertiary alicyclic amines) is 1. The van der Waals surface area contributed by atoms with Crippen LogP contribution in [0.5, 0.6) is 0 Å². The summed E-state index contributed by atoms with van der Waals surface area (Å²) in [6.45, 7) is 4.47. The van der Waals surface area contributed by atoms with Crippen molar-refractivity contribution in [3.63, 3.8) is 0 Å². The minimum Gasteiger partial charge on any atom is -0.374 e. The highest BCUT2D eigenvalue weighted by atomic mass is 16.5. The van der Waals surface area contributed by atoms with E-state index in [0.717, 1.165) is 32.5 Å². The Labute approximate surface area is 156 Å². The first-order valence-electron chi connectivity index (χ1n) is 10.1. The smallest absolute Gasteiger partial charge is 0.237 e. The second-order valence-corrected chi connectivity index (χ2v) is 8.06. The summed E-state index contributed by atoms with van der Waals surface area (Å²) in [7, 11) is 0. The number of benzene rings is 1. The molecular formula is C21H31N3O2. The fourth-order valence-electron chi connectivity index (χ4n) is 5.09. The van der Waals surface area contributed by atoms with Crippen LogP contribution >= 0.6 is 0 Å². The molecule has 4 atom stereocenters. The van der Waals surface area contributed by atoms with E-state index in [1.807, 2.05) is 0 Å². The van der Waals surface area contributed by atoms with E-state index in [0.29, 0.717) is 37.6 Å². The molecule has 5 nitrogen and oxygen atoms in total. The van der Waals surface area contributed by atoms with Crippen LogP contribution in [0.2, 0.25) is 0 Å². The normalized spacial score (nSPS) is 32.4. The molecule has 3 fully saturated rings. The monoisotopic (exact) mass is 357 g/mol. The van der Waals surface area contributed by atoms with Crippen molar-refractivity contribution in [2.75, 3.05) is 39.3 Å². The lowest BCUT2D eigenvalue weighted by molar-refractivity contribution is -0.150. The molecule has 142 valence electrons. The van der Waals surface area contributed by atoms with Crippen LogP contribution in [-0.2, 0) is 9.53 Å². The number of rotatable bonds is 4. The maximum absolute atomic E-state index is 13.0. The number of nitrogens with zero attached hydrogens (tertiary/aromatic N) is 2. The van der Waals surface area contributed by atoms with Crippen LogP contribution in [0, 0.1) is 5.92 Å². The lowest BCUT2D eigenvalue weighted by atomic mass is 9.89. The molecule has 1 aliphatic carbocycles. The number of hydrogen-bond acceptors (Lipinski definition) is 4. The third-order valence-corrected chi connectivity index (χ3v) is 6.46. The van der Waals surface area contributed by atoms with E-state index in [9.17, 15) is 4.79 Å². The van der Waals surface area contributed by atoms with E-state index in [2.05, 4.69) is 40.1 Å². The zero-order valence-electron chi connectivity index (χ0n) is 15.6. The molecule has 1 aromatic rings. The number of ether oxygens (including phenoxy) is 1. The van der Waals surface area contributed by atoms with E-state index in [-0.39, 0.29) is 12.0 Å². The van der Waals surface area contributed by atoms with Crippen LogP contribution in [0.15, 0.2) is 30.3 Å². The molecule has 2 saturated heterocycles. The van der Waals surface area contributed by atoms with Gasteiger partial charge in [-0.3, -0.25) is 9.69 Å². The Morgan fingerprint density at radius 2 is 1.96 bits per heavy atom. The van der Waals surface area contributed by atoms with E-state index >= 15 is 0 Å². The molecule has 2 heterocycles. The SMILES string of the molecule is NC[C@@H]1CN(CC(=O)N2CCOC3CCCCC32)C[C@H]1c1ccccc1. The van der Waals surface area contributed by atoms with E-state index < -0.39 is 0 Å². The Bertz CT molecular complexity index is 607. The van der Waals surface area contributed by atoms with Gasteiger partial charge < -0.3 is 15.4 Å². The van der Waals surface area contributed by atoms with E-state index in [1.54, 1.807) is 0 Å². The minimum atomic E-state index is 0.258. The first-order chi connectivity index (χ1) is 12.8. The standard InChI is InChI=1S/C21H31N3O2/c22-12-17-13-23(14-18(17)16-6-2-1-3-7-16)15-21(25)24-10-11-26-20-9-5-4-8-19(20)24/h1-3,6-7,17-20H,4-5,8-15,22H2/t17-,18+,19?,20?/m1/s1. The van der Waals surface area contributed by atoms with Crippen LogP contribution in [0.3, 0.4) is 0 Å². The van der Waals surface area contributed by atoms with Crippen LogP contribution in [-0.4, -0.2) is 67.2 Å². The summed E-state index contributed by atoms with van der Waals surface area (Å²) < 4.78 is 5.92. The van der Waals surface area contributed by atoms with Crippen molar-refractivity contribution in [2.45, 2.75) is 43.7 Å². The zero-order chi connectivity index (χ0) is 17.9. The fraction of sp³-hybridized carbons (Fsp3) is 0.667. The number of carbonyl (C=O) groups is 1. The molecule has 4 rings (SSSR count). The molecule has 0 bridgehead atoms. The van der Waals surface area contributed by atoms with Crippen molar-refractivity contribution in [1.29, 1.82) is 0 Å². The van der Waals surface area contributed by atoms with Gasteiger partial charge in [-0.25, -0.2) is 0 Å². The van der Waals surface area contributed by atoms with Gasteiger partial charge in [0, 0.05) is 25.6 Å². The van der Waals surface area contributed by atoms with Gasteiger partial charge in [0.25, 0.3) is 0 Å². The average molecular weight is 357 g/mol. The third kappa shape index (κ3) is 3.66. The van der Waals surface area contributed by atoms with Crippen LogP contribution < -0.4 is 5.73 Å². The number of hydrogen-bond donors (Lipinski definition) is 1. The van der Waals surface area contributed by atoms with Gasteiger partial charge in [-0.2, -0.15) is 0 Å². The van der Waals surface area contributed by atoms with Gasteiger partial charge in [0.15, 0.2) is 0 Å². The average Bonchev–Trinajstić information content (AvgIpc) is 3.11. The van der Waals surface area contributed by atoms with Gasteiger partial charge in [0.1, 0.15) is 0 Å². The first kappa shape index (κ1) is 18.0. The maximum atomic E-state index is 13.0. The predicted octanol–water partition coefficient (Wildman–Crippen LogP) is 1.83. The van der Waals surface area contributed by atoms with Crippen molar-refractivity contribution >= 4 is 5.91 Å². The first-order valence-corrected chi connectivity index (χ1v) is 10.1. The van der Waals surface area contributed by atoms with Gasteiger partial charge in [0.2, 0.25) is 5.91 Å². The molecule has 2 aliphatic heterocycles. The summed E-state index contributed by atoms with van der Waals surface area (Å²) >= 11 is 0. The predicted molar refractivity (Wildman–Crippen MR) is 102 cm³/mol. The Morgan fingerprint density at radius 1 is 1.15 bits per heavy atom. The van der Waals surface area contributed by atoms with Gasteiger partial charge in [-0.1, -0.05) is 43.2 Å². The summed E-state index contributed by atoms with van der Waals surface area (Å²) in [5.74, 6) is 1.13. The highest BCUT2D eigenvalue weighted by molar-refractivity contribution is 5.79. The lowest BCUT2D eigenvalue weighted by Gasteiger charge is -2.44. The molecule has 1 amide bonds. The summed E-state index contributed by atoms with van der Waals surface area (Å²) in [4.78, 5) is 17.5. The quantitative estimate of drug-likeness (QED) is 0.893. The Balaban J connectivity index is 1.40. The number of amides is 1. The minimum absolute atomic E-state index is 0.258. The Hall–Kier alpha value is -1.43. The highest BCUT2D eigenvalue weighted by Crippen LogP contribution is 2.33.